The summed E-state index contributed by atoms with van der Waals surface area (Å²) in [7, 11) is 1.94. The maximum absolute atomic E-state index is 12.5. The number of ether oxygens (including phenoxy) is 1. The fourth-order valence-corrected chi connectivity index (χ4v) is 4.13. The number of aromatic carboxylic acids is 1. The average Bonchev–Trinajstić information content (AvgIpc) is 3.01. The Morgan fingerprint density at radius 1 is 1.31 bits per heavy atom. The van der Waals surface area contributed by atoms with E-state index >= 15 is 0 Å². The number of hydrogen-bond acceptors (Lipinski definition) is 8. The van der Waals surface area contributed by atoms with Crippen LogP contribution in [0.5, 0.6) is 11.5 Å². The summed E-state index contributed by atoms with van der Waals surface area (Å²) in [6, 6.07) is 3.08. The summed E-state index contributed by atoms with van der Waals surface area (Å²) >= 11 is 0. The Morgan fingerprint density at radius 2 is 2.03 bits per heavy atom. The predicted molar refractivity (Wildman–Crippen MR) is 103 cm³/mol. The van der Waals surface area contributed by atoms with Crippen LogP contribution in [0.4, 0.5) is 0 Å². The number of benzene rings is 1. The summed E-state index contributed by atoms with van der Waals surface area (Å²) < 4.78 is 10.9. The summed E-state index contributed by atoms with van der Waals surface area (Å²) in [4.78, 5) is 28.0. The van der Waals surface area contributed by atoms with E-state index in [1.54, 1.807) is 11.0 Å². The molecule has 0 bridgehead atoms. The highest BCUT2D eigenvalue weighted by Gasteiger charge is 2.39. The van der Waals surface area contributed by atoms with E-state index < -0.39 is 12.7 Å². The molecule has 0 spiro atoms. The van der Waals surface area contributed by atoms with E-state index in [4.69, 9.17) is 9.39 Å². The number of carboxylic acids is 1. The Balaban J connectivity index is 0.00000240. The van der Waals surface area contributed by atoms with Gasteiger partial charge < -0.3 is 34.2 Å². The third-order valence-corrected chi connectivity index (χ3v) is 5.76. The zero-order valence-corrected chi connectivity index (χ0v) is 15.7. The minimum Gasteiger partial charge on any atom is -0.669 e. The molecule has 0 saturated carbocycles. The fourth-order valence-electron chi connectivity index (χ4n) is 4.13. The summed E-state index contributed by atoms with van der Waals surface area (Å²) in [5.41, 5.74) is 0.230. The molecule has 1 aromatic rings. The van der Waals surface area contributed by atoms with Crippen LogP contribution in [0.15, 0.2) is 12.1 Å². The Labute approximate surface area is 169 Å². The maximum Gasteiger partial charge on any atom is 0.430 e. The SMILES string of the molecule is C.CN1CCC[C@H]1C(=O)N1CC(Oc2ccc3c(c2C(=O)[O-])O[B-](O)(O)CC3)C1. The fraction of sp³-hybridized carbons (Fsp3) is 0.579. The molecule has 2 saturated heterocycles. The van der Waals surface area contributed by atoms with Crippen LogP contribution in [0, 0.1) is 0 Å². The number of nitrogens with zero attached hydrogens (tertiary/aromatic N) is 2. The third kappa shape index (κ3) is 4.05. The number of hydrogen-bond donors (Lipinski definition) is 2. The minimum absolute atomic E-state index is 0. The number of likely N-dealkylation sites (N-methyl/N-ethyl adjacent to an activating group) is 1. The number of likely N-dealkylation sites (tertiary alicyclic amines) is 2. The quantitative estimate of drug-likeness (QED) is 0.625. The molecule has 10 heteroatoms. The van der Waals surface area contributed by atoms with E-state index in [2.05, 4.69) is 0 Å². The predicted octanol–water partition coefficient (Wildman–Crippen LogP) is -0.772. The van der Waals surface area contributed by atoms with Gasteiger partial charge in [-0.3, -0.25) is 9.69 Å². The molecule has 4 rings (SSSR count). The van der Waals surface area contributed by atoms with Crippen LogP contribution in [0.1, 0.15) is 36.2 Å². The van der Waals surface area contributed by atoms with Crippen molar-refractivity contribution < 1.29 is 34.1 Å². The van der Waals surface area contributed by atoms with Gasteiger partial charge in [-0.1, -0.05) is 19.8 Å². The molecule has 9 nitrogen and oxygen atoms in total. The molecule has 3 heterocycles. The lowest BCUT2D eigenvalue weighted by Crippen LogP contribution is -2.59. The number of aryl methyl sites for hydroxylation is 1. The maximum atomic E-state index is 12.5. The average molecular weight is 406 g/mol. The molecule has 29 heavy (non-hydrogen) atoms. The first-order valence-corrected chi connectivity index (χ1v) is 9.57. The summed E-state index contributed by atoms with van der Waals surface area (Å²) in [6.07, 6.45) is 1.79. The van der Waals surface area contributed by atoms with Gasteiger partial charge in [-0.05, 0) is 44.5 Å². The Kier molecular flexibility index (Phi) is 5.80. The van der Waals surface area contributed by atoms with Gasteiger partial charge in [0.2, 0.25) is 5.91 Å². The van der Waals surface area contributed by atoms with Crippen LogP contribution in [-0.4, -0.2) is 77.3 Å². The molecular formula is C19H27BN2O7-2. The molecule has 1 aromatic carbocycles. The van der Waals surface area contributed by atoms with Gasteiger partial charge in [0.25, 0.3) is 0 Å². The van der Waals surface area contributed by atoms with Gasteiger partial charge in [0, 0.05) is 0 Å². The van der Waals surface area contributed by atoms with Gasteiger partial charge in [0.15, 0.2) is 0 Å². The molecule has 3 aliphatic heterocycles. The molecule has 2 fully saturated rings. The van der Waals surface area contributed by atoms with E-state index in [9.17, 15) is 24.7 Å². The Morgan fingerprint density at radius 3 is 2.66 bits per heavy atom. The number of carbonyl (C=O) groups is 2. The Bertz CT molecular complexity index is 810. The lowest BCUT2D eigenvalue weighted by atomic mass is 9.70. The van der Waals surface area contributed by atoms with E-state index in [1.807, 2.05) is 11.9 Å². The van der Waals surface area contributed by atoms with Crippen molar-refractivity contribution in [1.29, 1.82) is 0 Å². The largest absolute Gasteiger partial charge is 0.669 e. The van der Waals surface area contributed by atoms with Crippen molar-refractivity contribution in [2.45, 2.75) is 45.2 Å². The van der Waals surface area contributed by atoms with E-state index in [-0.39, 0.29) is 55.3 Å². The van der Waals surface area contributed by atoms with Gasteiger partial charge in [0.1, 0.15) is 11.9 Å². The van der Waals surface area contributed by atoms with Gasteiger partial charge in [-0.15, -0.1) is 0 Å². The highest BCUT2D eigenvalue weighted by atomic mass is 16.6. The summed E-state index contributed by atoms with van der Waals surface area (Å²) in [5.74, 6) is -1.52. The number of amides is 1. The molecule has 3 aliphatic rings. The van der Waals surface area contributed by atoms with E-state index in [0.717, 1.165) is 19.4 Å². The number of fused-ring (bicyclic) bond motifs is 1. The van der Waals surface area contributed by atoms with Crippen LogP contribution in [0.3, 0.4) is 0 Å². The molecule has 0 aliphatic carbocycles. The van der Waals surface area contributed by atoms with E-state index in [1.165, 1.54) is 6.07 Å². The monoisotopic (exact) mass is 406 g/mol. The first-order valence-electron chi connectivity index (χ1n) is 9.57. The van der Waals surface area contributed by atoms with Crippen molar-refractivity contribution in [3.63, 3.8) is 0 Å². The summed E-state index contributed by atoms with van der Waals surface area (Å²) in [5, 5.41) is 31.2. The molecule has 1 amide bonds. The molecule has 0 unspecified atom stereocenters. The van der Waals surface area contributed by atoms with Crippen molar-refractivity contribution in [3.05, 3.63) is 23.3 Å². The van der Waals surface area contributed by atoms with Crippen molar-refractivity contribution in [3.8, 4) is 11.5 Å². The van der Waals surface area contributed by atoms with Crippen LogP contribution in [0.25, 0.3) is 0 Å². The van der Waals surface area contributed by atoms with Gasteiger partial charge in [0.05, 0.1) is 36.4 Å². The normalized spacial score (nSPS) is 23.4. The number of carboxylic acid groups (broad SMARTS) is 1. The molecule has 0 radical (unpaired) electrons. The van der Waals surface area contributed by atoms with Crippen molar-refractivity contribution >= 4 is 18.6 Å². The van der Waals surface area contributed by atoms with Crippen LogP contribution >= 0.6 is 0 Å². The zero-order valence-electron chi connectivity index (χ0n) is 15.7. The molecule has 1 atom stereocenters. The minimum atomic E-state index is -3.10. The van der Waals surface area contributed by atoms with E-state index in [0.29, 0.717) is 18.7 Å². The number of carbonyl (C=O) groups excluding carboxylic acids is 2. The first-order chi connectivity index (χ1) is 13.2. The van der Waals surface area contributed by atoms with Gasteiger partial charge in [-0.2, -0.15) is 0 Å². The Hall–Kier alpha value is -2.30. The second-order valence-electron chi connectivity index (χ2n) is 7.85. The lowest BCUT2D eigenvalue weighted by molar-refractivity contribution is -0.255. The highest BCUT2D eigenvalue weighted by molar-refractivity contribution is 6.59. The first kappa shape index (κ1) is 21.4. The summed E-state index contributed by atoms with van der Waals surface area (Å²) in [6.45, 7) is -1.44. The van der Waals surface area contributed by atoms with Crippen LogP contribution in [-0.2, 0) is 11.2 Å². The smallest absolute Gasteiger partial charge is 0.430 e. The second kappa shape index (κ2) is 7.85. The van der Waals surface area contributed by atoms with Gasteiger partial charge >= 0.3 is 6.75 Å². The lowest BCUT2D eigenvalue weighted by Gasteiger charge is -2.42. The highest BCUT2D eigenvalue weighted by Crippen LogP contribution is 2.38. The molecular weight excluding hydrogens is 379 g/mol. The van der Waals surface area contributed by atoms with Crippen molar-refractivity contribution in [2.24, 2.45) is 0 Å². The van der Waals surface area contributed by atoms with Gasteiger partial charge in [-0.25, -0.2) is 0 Å². The molecule has 0 aromatic heterocycles. The van der Waals surface area contributed by atoms with Crippen LogP contribution in [0.2, 0.25) is 6.32 Å². The number of rotatable bonds is 4. The molecule has 2 N–H and O–H groups in total. The molecule has 160 valence electrons. The third-order valence-electron chi connectivity index (χ3n) is 5.76. The van der Waals surface area contributed by atoms with Crippen molar-refractivity contribution in [2.75, 3.05) is 26.7 Å². The van der Waals surface area contributed by atoms with Crippen molar-refractivity contribution in [1.82, 2.24) is 9.80 Å². The second-order valence-corrected chi connectivity index (χ2v) is 7.85. The van der Waals surface area contributed by atoms with Crippen LogP contribution < -0.4 is 14.5 Å². The topological polar surface area (TPSA) is 123 Å². The standard InChI is InChI=1S/C18H24BN2O7.CH4/c1-20-8-2-3-13(20)17(22)21-9-12(10-21)27-14-5-4-11-6-7-19(25,26)28-16(11)15(14)18(23)24;/h4-5,12-13,25-26H,2-3,6-10H2,1H3,(H,23,24);1H4/q-1;/p-1/t13-;/m0./s1. The zero-order chi connectivity index (χ0) is 20.1.